The van der Waals surface area contributed by atoms with Gasteiger partial charge in [0.1, 0.15) is 4.88 Å². The van der Waals surface area contributed by atoms with Gasteiger partial charge in [-0.3, -0.25) is 4.79 Å². The van der Waals surface area contributed by atoms with Crippen LogP contribution >= 0.6 is 27.3 Å². The Bertz CT molecular complexity index is 623. The van der Waals surface area contributed by atoms with Gasteiger partial charge in [0.2, 0.25) is 0 Å². The highest BCUT2D eigenvalue weighted by molar-refractivity contribution is 9.10. The quantitative estimate of drug-likeness (QED) is 0.819. The molecule has 0 saturated heterocycles. The average molecular weight is 323 g/mol. The Balaban J connectivity index is 2.00. The molecule has 1 aromatic carbocycles. The molecular weight excluding hydrogens is 312 g/mol. The van der Waals surface area contributed by atoms with Gasteiger partial charge in [0, 0.05) is 28.0 Å². The first kappa shape index (κ1) is 11.7. The van der Waals surface area contributed by atoms with E-state index in [4.69, 9.17) is 5.73 Å². The highest BCUT2D eigenvalue weighted by atomic mass is 79.9. The molecule has 3 rings (SSSR count). The Labute approximate surface area is 117 Å². The summed E-state index contributed by atoms with van der Waals surface area (Å²) in [7, 11) is 0. The van der Waals surface area contributed by atoms with Gasteiger partial charge in [-0.1, -0.05) is 6.07 Å². The fourth-order valence-corrected chi connectivity index (χ4v) is 3.73. The molecule has 0 unspecified atom stereocenters. The molecule has 3 nitrogen and oxygen atoms in total. The van der Waals surface area contributed by atoms with Gasteiger partial charge in [-0.25, -0.2) is 0 Å². The van der Waals surface area contributed by atoms with Gasteiger partial charge in [-0.05, 0) is 45.9 Å². The molecule has 0 atom stereocenters. The second-order valence-corrected chi connectivity index (χ2v) is 5.92. The second-order valence-electron chi connectivity index (χ2n) is 4.15. The average Bonchev–Trinajstić information content (AvgIpc) is 2.95. The molecule has 1 aliphatic rings. The van der Waals surface area contributed by atoms with Gasteiger partial charge < -0.3 is 10.6 Å². The molecule has 0 saturated carbocycles. The molecule has 1 aliphatic heterocycles. The zero-order valence-corrected chi connectivity index (χ0v) is 11.9. The van der Waals surface area contributed by atoms with Crippen LogP contribution in [0.2, 0.25) is 0 Å². The van der Waals surface area contributed by atoms with Crippen molar-refractivity contribution >= 4 is 44.5 Å². The van der Waals surface area contributed by atoms with Crippen molar-refractivity contribution in [2.24, 2.45) is 0 Å². The van der Waals surface area contributed by atoms with Crippen LogP contribution < -0.4 is 10.6 Å². The number of rotatable bonds is 1. The Kier molecular flexibility index (Phi) is 2.87. The van der Waals surface area contributed by atoms with Crippen LogP contribution in [0, 0.1) is 0 Å². The number of nitrogens with two attached hydrogens (primary N) is 1. The fourth-order valence-electron chi connectivity index (χ4n) is 2.24. The number of carbonyl (C=O) groups excluding carboxylic acids is 1. The molecule has 2 N–H and O–H groups in total. The maximum absolute atomic E-state index is 12.5. The Morgan fingerprint density at radius 1 is 1.39 bits per heavy atom. The Morgan fingerprint density at radius 2 is 2.22 bits per heavy atom. The number of hydrogen-bond acceptors (Lipinski definition) is 3. The summed E-state index contributed by atoms with van der Waals surface area (Å²) in [5, 5.41) is 1.91. The molecule has 0 radical (unpaired) electrons. The maximum Gasteiger partial charge on any atom is 0.269 e. The van der Waals surface area contributed by atoms with E-state index in [9.17, 15) is 4.79 Å². The molecular formula is C13H11BrN2OS. The molecule has 0 bridgehead atoms. The van der Waals surface area contributed by atoms with E-state index in [1.54, 1.807) is 0 Å². The van der Waals surface area contributed by atoms with Crippen molar-refractivity contribution in [3.8, 4) is 0 Å². The Hall–Kier alpha value is -1.33. The number of thiophene rings is 1. The van der Waals surface area contributed by atoms with Crippen molar-refractivity contribution in [2.75, 3.05) is 17.2 Å². The lowest BCUT2D eigenvalue weighted by atomic mass is 10.1. The minimum atomic E-state index is 0.0428. The summed E-state index contributed by atoms with van der Waals surface area (Å²) >= 11 is 4.86. The maximum atomic E-state index is 12.5. The van der Waals surface area contributed by atoms with Gasteiger partial charge in [-0.15, -0.1) is 11.3 Å². The van der Waals surface area contributed by atoms with E-state index in [1.807, 2.05) is 34.5 Å². The summed E-state index contributed by atoms with van der Waals surface area (Å²) in [6, 6.07) is 7.63. The smallest absolute Gasteiger partial charge is 0.269 e. The standard InChI is InChI=1S/C13H11BrN2OS/c14-9-5-7-18-12(9)13(17)16-6-4-8-10(15)2-1-3-11(8)16/h1-3,5,7H,4,6,15H2. The van der Waals surface area contributed by atoms with Gasteiger partial charge in [0.15, 0.2) is 0 Å². The van der Waals surface area contributed by atoms with Crippen LogP contribution in [0.15, 0.2) is 34.1 Å². The number of amides is 1. The molecule has 18 heavy (non-hydrogen) atoms. The van der Waals surface area contributed by atoms with Crippen molar-refractivity contribution in [2.45, 2.75) is 6.42 Å². The highest BCUT2D eigenvalue weighted by Gasteiger charge is 2.28. The third-order valence-electron chi connectivity index (χ3n) is 3.12. The first-order valence-electron chi connectivity index (χ1n) is 5.60. The number of hydrogen-bond donors (Lipinski definition) is 1. The molecule has 0 spiro atoms. The largest absolute Gasteiger partial charge is 0.398 e. The summed E-state index contributed by atoms with van der Waals surface area (Å²) in [6.07, 6.45) is 0.830. The lowest BCUT2D eigenvalue weighted by Gasteiger charge is -2.16. The zero-order valence-electron chi connectivity index (χ0n) is 9.52. The number of carbonyl (C=O) groups is 1. The van der Waals surface area contributed by atoms with E-state index in [0.717, 1.165) is 32.7 Å². The summed E-state index contributed by atoms with van der Waals surface area (Å²) in [5.74, 6) is 0.0428. The second kappa shape index (κ2) is 4.40. The number of halogens is 1. The van der Waals surface area contributed by atoms with Gasteiger partial charge in [0.25, 0.3) is 5.91 Å². The van der Waals surface area contributed by atoms with Crippen molar-refractivity contribution < 1.29 is 4.79 Å². The van der Waals surface area contributed by atoms with Crippen LogP contribution in [0.5, 0.6) is 0 Å². The zero-order chi connectivity index (χ0) is 12.7. The SMILES string of the molecule is Nc1cccc2c1CCN2C(=O)c1sccc1Br. The highest BCUT2D eigenvalue weighted by Crippen LogP contribution is 2.35. The number of nitrogens with zero attached hydrogens (tertiary/aromatic N) is 1. The third-order valence-corrected chi connectivity index (χ3v) is 4.95. The van der Waals surface area contributed by atoms with Crippen LogP contribution in [0.25, 0.3) is 0 Å². The fraction of sp³-hybridized carbons (Fsp3) is 0.154. The van der Waals surface area contributed by atoms with Crippen molar-refractivity contribution in [1.82, 2.24) is 0 Å². The summed E-state index contributed by atoms with van der Waals surface area (Å²) in [4.78, 5) is 15.0. The van der Waals surface area contributed by atoms with Crippen molar-refractivity contribution in [1.29, 1.82) is 0 Å². The summed E-state index contributed by atoms with van der Waals surface area (Å²) in [6.45, 7) is 0.701. The van der Waals surface area contributed by atoms with Gasteiger partial charge >= 0.3 is 0 Å². The first-order chi connectivity index (χ1) is 8.68. The first-order valence-corrected chi connectivity index (χ1v) is 7.28. The summed E-state index contributed by atoms with van der Waals surface area (Å²) < 4.78 is 0.856. The number of nitrogen functional groups attached to an aromatic ring is 1. The predicted molar refractivity (Wildman–Crippen MR) is 78.3 cm³/mol. The minimum absolute atomic E-state index is 0.0428. The van der Waals surface area contributed by atoms with Crippen LogP contribution in [-0.4, -0.2) is 12.5 Å². The van der Waals surface area contributed by atoms with E-state index in [2.05, 4.69) is 15.9 Å². The van der Waals surface area contributed by atoms with Crippen LogP contribution in [0.3, 0.4) is 0 Å². The van der Waals surface area contributed by atoms with Gasteiger partial charge in [0.05, 0.1) is 0 Å². The number of anilines is 2. The third kappa shape index (κ3) is 1.74. The number of fused-ring (bicyclic) bond motifs is 1. The normalized spacial score (nSPS) is 13.7. The molecule has 1 amide bonds. The molecule has 2 aromatic rings. The van der Waals surface area contributed by atoms with Crippen molar-refractivity contribution in [3.05, 3.63) is 44.6 Å². The molecule has 0 aliphatic carbocycles. The molecule has 5 heteroatoms. The van der Waals surface area contributed by atoms with E-state index >= 15 is 0 Å². The molecule has 0 fully saturated rings. The predicted octanol–water partition coefficient (Wildman–Crippen LogP) is 3.30. The van der Waals surface area contributed by atoms with E-state index < -0.39 is 0 Å². The summed E-state index contributed by atoms with van der Waals surface area (Å²) in [5.41, 5.74) is 8.74. The molecule has 92 valence electrons. The van der Waals surface area contributed by atoms with E-state index in [0.29, 0.717) is 6.54 Å². The van der Waals surface area contributed by atoms with Crippen LogP contribution in [0.4, 0.5) is 11.4 Å². The topological polar surface area (TPSA) is 46.3 Å². The van der Waals surface area contributed by atoms with Crippen molar-refractivity contribution in [3.63, 3.8) is 0 Å². The Morgan fingerprint density at radius 3 is 2.94 bits per heavy atom. The minimum Gasteiger partial charge on any atom is -0.398 e. The van der Waals surface area contributed by atoms with Crippen LogP contribution in [0.1, 0.15) is 15.2 Å². The van der Waals surface area contributed by atoms with Crippen LogP contribution in [-0.2, 0) is 6.42 Å². The number of benzene rings is 1. The van der Waals surface area contributed by atoms with Gasteiger partial charge in [-0.2, -0.15) is 0 Å². The monoisotopic (exact) mass is 322 g/mol. The molecule has 1 aromatic heterocycles. The lowest BCUT2D eigenvalue weighted by molar-refractivity contribution is 0.0992. The lowest BCUT2D eigenvalue weighted by Crippen LogP contribution is -2.28. The molecule has 2 heterocycles. The van der Waals surface area contributed by atoms with E-state index in [-0.39, 0.29) is 5.91 Å². The van der Waals surface area contributed by atoms with E-state index in [1.165, 1.54) is 11.3 Å².